The van der Waals surface area contributed by atoms with Crippen LogP contribution in [-0.2, 0) is 0 Å². The van der Waals surface area contributed by atoms with Crippen LogP contribution in [0.4, 0.5) is 11.6 Å². The van der Waals surface area contributed by atoms with Gasteiger partial charge in [0.1, 0.15) is 28.7 Å². The Morgan fingerprint density at radius 2 is 1.90 bits per heavy atom. The zero-order valence-electron chi connectivity index (χ0n) is 16.1. The first kappa shape index (κ1) is 18.6. The van der Waals surface area contributed by atoms with Crippen LogP contribution >= 0.6 is 0 Å². The van der Waals surface area contributed by atoms with Gasteiger partial charge in [-0.1, -0.05) is 18.2 Å². The number of amides is 1. The van der Waals surface area contributed by atoms with E-state index in [9.17, 15) is 4.79 Å². The number of fused-ring (bicyclic) bond motifs is 1. The van der Waals surface area contributed by atoms with Gasteiger partial charge in [-0.2, -0.15) is 0 Å². The van der Waals surface area contributed by atoms with Crippen molar-refractivity contribution in [2.24, 2.45) is 0 Å². The molecule has 4 N–H and O–H groups in total. The normalized spacial score (nSPS) is 12.1. The Morgan fingerprint density at radius 3 is 2.59 bits per heavy atom. The maximum absolute atomic E-state index is 12.5. The molecule has 8 heteroatoms. The predicted molar refractivity (Wildman–Crippen MR) is 113 cm³/mol. The zero-order chi connectivity index (χ0) is 20.4. The number of nitrogens with one attached hydrogen (secondary N) is 2. The Bertz CT molecular complexity index is 1150. The fraction of sp³-hybridized carbons (Fsp3) is 0.143. The van der Waals surface area contributed by atoms with Gasteiger partial charge in [-0.05, 0) is 38.2 Å². The third-order valence-electron chi connectivity index (χ3n) is 4.76. The van der Waals surface area contributed by atoms with Crippen molar-refractivity contribution in [3.05, 3.63) is 72.4 Å². The lowest BCUT2D eigenvalue weighted by Gasteiger charge is -2.08. The summed E-state index contributed by atoms with van der Waals surface area (Å²) >= 11 is 0. The topological polar surface area (TPSA) is 110 Å². The van der Waals surface area contributed by atoms with E-state index in [1.165, 1.54) is 0 Å². The summed E-state index contributed by atoms with van der Waals surface area (Å²) < 4.78 is 1.94. The number of rotatable bonds is 5. The smallest absolute Gasteiger partial charge is 0.256 e. The molecule has 3 heterocycles. The van der Waals surface area contributed by atoms with Crippen LogP contribution in [0.15, 0.2) is 61.1 Å². The van der Waals surface area contributed by atoms with Crippen LogP contribution < -0.4 is 16.4 Å². The van der Waals surface area contributed by atoms with E-state index >= 15 is 0 Å². The van der Waals surface area contributed by atoms with Gasteiger partial charge in [0.25, 0.3) is 5.91 Å². The third-order valence-corrected chi connectivity index (χ3v) is 4.76. The second-order valence-electron chi connectivity index (χ2n) is 6.61. The number of nitrogens with two attached hydrogens (primary N) is 1. The van der Waals surface area contributed by atoms with E-state index in [1.54, 1.807) is 36.7 Å². The molecule has 0 aliphatic rings. The van der Waals surface area contributed by atoms with E-state index in [0.717, 1.165) is 22.6 Å². The molecule has 1 unspecified atom stereocenters. The number of hydrogen-bond donors (Lipinski definition) is 3. The monoisotopic (exact) mass is 387 g/mol. The molecule has 29 heavy (non-hydrogen) atoms. The summed E-state index contributed by atoms with van der Waals surface area (Å²) in [4.78, 5) is 25.6. The van der Waals surface area contributed by atoms with E-state index in [-0.39, 0.29) is 11.9 Å². The van der Waals surface area contributed by atoms with Gasteiger partial charge in [0.05, 0.1) is 6.04 Å². The number of imidazole rings is 1. The van der Waals surface area contributed by atoms with Gasteiger partial charge >= 0.3 is 0 Å². The molecule has 0 aliphatic carbocycles. The summed E-state index contributed by atoms with van der Waals surface area (Å²) in [6.07, 6.45) is 5.13. The molecular formula is C21H21N7O. The summed E-state index contributed by atoms with van der Waals surface area (Å²) in [6.45, 7) is 2.03. The molecule has 0 radical (unpaired) electrons. The standard InChI is InChI=1S/C21H21N7O/c1-13(23-2)20-27-17(18-19(22)25-11-12-28(18)20)14-6-8-15(9-7-14)21(29)26-16-5-3-4-10-24-16/h3-13,23H,1-2H3,(H2,22,25)(H,24,26,29). The number of carbonyl (C=O) groups is 1. The zero-order valence-corrected chi connectivity index (χ0v) is 16.1. The number of benzene rings is 1. The highest BCUT2D eigenvalue weighted by Gasteiger charge is 2.19. The molecule has 1 aromatic carbocycles. The molecule has 1 atom stereocenters. The van der Waals surface area contributed by atoms with Crippen molar-refractivity contribution in [1.82, 2.24) is 24.7 Å². The summed E-state index contributed by atoms with van der Waals surface area (Å²) in [5.41, 5.74) is 9.00. The van der Waals surface area contributed by atoms with Crippen LogP contribution in [0.5, 0.6) is 0 Å². The minimum atomic E-state index is -0.226. The van der Waals surface area contributed by atoms with Gasteiger partial charge in [0, 0.05) is 29.7 Å². The highest BCUT2D eigenvalue weighted by molar-refractivity contribution is 6.04. The Kier molecular flexibility index (Phi) is 4.92. The fourth-order valence-electron chi connectivity index (χ4n) is 3.13. The summed E-state index contributed by atoms with van der Waals surface area (Å²) in [5, 5.41) is 5.98. The molecule has 8 nitrogen and oxygen atoms in total. The van der Waals surface area contributed by atoms with Crippen molar-refractivity contribution < 1.29 is 4.79 Å². The number of anilines is 2. The molecule has 146 valence electrons. The van der Waals surface area contributed by atoms with Crippen LogP contribution in [0, 0.1) is 0 Å². The summed E-state index contributed by atoms with van der Waals surface area (Å²) in [6, 6.07) is 12.6. The van der Waals surface area contributed by atoms with E-state index < -0.39 is 0 Å². The van der Waals surface area contributed by atoms with Crippen LogP contribution in [0.2, 0.25) is 0 Å². The maximum atomic E-state index is 12.5. The number of pyridine rings is 1. The first-order valence-corrected chi connectivity index (χ1v) is 9.21. The molecule has 0 saturated carbocycles. The van der Waals surface area contributed by atoms with Gasteiger partial charge in [0.15, 0.2) is 0 Å². The summed E-state index contributed by atoms with van der Waals surface area (Å²) in [5.74, 6) is 1.52. The first-order valence-electron chi connectivity index (χ1n) is 9.21. The Morgan fingerprint density at radius 1 is 1.10 bits per heavy atom. The number of hydrogen-bond acceptors (Lipinski definition) is 6. The molecule has 0 aliphatic heterocycles. The van der Waals surface area contributed by atoms with Crippen LogP contribution in [-0.4, -0.2) is 32.3 Å². The average Bonchev–Trinajstić information content (AvgIpc) is 3.15. The molecule has 0 spiro atoms. The van der Waals surface area contributed by atoms with Crippen molar-refractivity contribution in [1.29, 1.82) is 0 Å². The lowest BCUT2D eigenvalue weighted by atomic mass is 10.1. The van der Waals surface area contributed by atoms with Crippen LogP contribution in [0.3, 0.4) is 0 Å². The average molecular weight is 387 g/mol. The van der Waals surface area contributed by atoms with E-state index in [0.29, 0.717) is 17.2 Å². The van der Waals surface area contributed by atoms with E-state index in [1.807, 2.05) is 42.8 Å². The number of nitrogen functional groups attached to an aromatic ring is 1. The minimum absolute atomic E-state index is 0.0291. The molecule has 4 aromatic rings. The fourth-order valence-corrected chi connectivity index (χ4v) is 3.13. The van der Waals surface area contributed by atoms with Crippen molar-refractivity contribution in [2.75, 3.05) is 18.1 Å². The number of carbonyl (C=O) groups excluding carboxylic acids is 1. The first-order chi connectivity index (χ1) is 14.1. The lowest BCUT2D eigenvalue weighted by molar-refractivity contribution is 0.102. The molecular weight excluding hydrogens is 366 g/mol. The van der Waals surface area contributed by atoms with Crippen LogP contribution in [0.25, 0.3) is 16.8 Å². The van der Waals surface area contributed by atoms with Crippen molar-refractivity contribution >= 4 is 23.1 Å². The second kappa shape index (κ2) is 7.69. The summed E-state index contributed by atoms with van der Waals surface area (Å²) in [7, 11) is 1.88. The predicted octanol–water partition coefficient (Wildman–Crippen LogP) is 2.91. The maximum Gasteiger partial charge on any atom is 0.256 e. The van der Waals surface area contributed by atoms with Gasteiger partial charge in [0.2, 0.25) is 0 Å². The van der Waals surface area contributed by atoms with Gasteiger partial charge < -0.3 is 16.4 Å². The quantitative estimate of drug-likeness (QED) is 0.486. The van der Waals surface area contributed by atoms with Gasteiger partial charge in [-0.15, -0.1) is 0 Å². The number of nitrogens with zero attached hydrogens (tertiary/aromatic N) is 4. The molecule has 0 saturated heterocycles. The van der Waals surface area contributed by atoms with Crippen molar-refractivity contribution in [3.8, 4) is 11.3 Å². The van der Waals surface area contributed by atoms with Crippen molar-refractivity contribution in [2.45, 2.75) is 13.0 Å². The Labute approximate surface area is 167 Å². The molecule has 4 rings (SSSR count). The van der Waals surface area contributed by atoms with Gasteiger partial charge in [-0.3, -0.25) is 9.20 Å². The van der Waals surface area contributed by atoms with Gasteiger partial charge in [-0.25, -0.2) is 15.0 Å². The Hall–Kier alpha value is -3.78. The third kappa shape index (κ3) is 3.53. The second-order valence-corrected chi connectivity index (χ2v) is 6.61. The highest BCUT2D eigenvalue weighted by atomic mass is 16.1. The molecule has 1 amide bonds. The van der Waals surface area contributed by atoms with E-state index in [4.69, 9.17) is 10.7 Å². The molecule has 0 fully saturated rings. The highest BCUT2D eigenvalue weighted by Crippen LogP contribution is 2.30. The van der Waals surface area contributed by atoms with Crippen molar-refractivity contribution in [3.63, 3.8) is 0 Å². The number of aromatic nitrogens is 4. The Balaban J connectivity index is 1.69. The lowest BCUT2D eigenvalue weighted by Crippen LogP contribution is -2.15. The van der Waals surface area contributed by atoms with Crippen LogP contribution in [0.1, 0.15) is 29.1 Å². The molecule has 3 aromatic heterocycles. The SMILES string of the molecule is CNC(C)c1nc(-c2ccc(C(=O)Nc3ccccn3)cc2)c2c(N)nccn12. The molecule has 0 bridgehead atoms. The largest absolute Gasteiger partial charge is 0.382 e. The minimum Gasteiger partial charge on any atom is -0.382 e. The van der Waals surface area contributed by atoms with E-state index in [2.05, 4.69) is 20.6 Å².